The van der Waals surface area contributed by atoms with Crippen LogP contribution in [0.3, 0.4) is 0 Å². The Morgan fingerprint density at radius 3 is 2.69 bits per heavy atom. The van der Waals surface area contributed by atoms with E-state index in [1.54, 1.807) is 4.90 Å². The molecule has 0 unspecified atom stereocenters. The molecule has 1 amide bonds. The Kier molecular flexibility index (Phi) is 6.22. The third-order valence-electron chi connectivity index (χ3n) is 5.54. The molecule has 0 N–H and O–H groups in total. The number of rotatable bonds is 4. The largest absolute Gasteiger partial charge is 0.354 e. The van der Waals surface area contributed by atoms with E-state index in [1.807, 2.05) is 0 Å². The topological polar surface area (TPSA) is 78.8 Å². The summed E-state index contributed by atoms with van der Waals surface area (Å²) in [5.41, 5.74) is -0.345. The second-order valence-corrected chi connectivity index (χ2v) is 8.88. The highest BCUT2D eigenvalue weighted by atomic mass is 32.2. The minimum Gasteiger partial charge on any atom is -0.354 e. The molecule has 32 heavy (non-hydrogen) atoms. The number of hydrogen-bond acceptors (Lipinski definition) is 6. The summed E-state index contributed by atoms with van der Waals surface area (Å²) in [7, 11) is -1.33. The summed E-state index contributed by atoms with van der Waals surface area (Å²) >= 11 is 0. The molecule has 7 nitrogen and oxygen atoms in total. The number of anilines is 1. The van der Waals surface area contributed by atoms with Gasteiger partial charge in [-0.15, -0.1) is 0 Å². The first-order valence-electron chi connectivity index (χ1n) is 9.80. The zero-order valence-corrected chi connectivity index (χ0v) is 17.7. The van der Waals surface area contributed by atoms with Crippen molar-refractivity contribution in [1.29, 1.82) is 0 Å². The van der Waals surface area contributed by atoms with Crippen LogP contribution in [-0.2, 0) is 15.6 Å². The normalized spacial score (nSPS) is 24.1. The van der Waals surface area contributed by atoms with Crippen LogP contribution in [0.2, 0.25) is 0 Å². The lowest BCUT2D eigenvalue weighted by Crippen LogP contribution is -2.48. The fraction of sp³-hybridized carbons (Fsp3) is 0.400. The molecule has 1 aromatic heterocycles. The van der Waals surface area contributed by atoms with Gasteiger partial charge in [-0.2, -0.15) is 5.10 Å². The van der Waals surface area contributed by atoms with Crippen molar-refractivity contribution in [1.82, 2.24) is 15.0 Å². The number of benzene rings is 1. The molecule has 2 aliphatic rings. The number of halogens is 4. The van der Waals surface area contributed by atoms with Crippen LogP contribution >= 0.6 is 0 Å². The number of amides is 1. The Labute approximate surface area is 183 Å². The average Bonchev–Trinajstić information content (AvgIpc) is 3.25. The molecule has 0 spiro atoms. The maximum atomic E-state index is 15.0. The van der Waals surface area contributed by atoms with Crippen molar-refractivity contribution >= 4 is 28.7 Å². The number of carbonyl (C=O) groups is 1. The van der Waals surface area contributed by atoms with Crippen molar-refractivity contribution in [3.63, 3.8) is 0 Å². The van der Waals surface area contributed by atoms with Crippen molar-refractivity contribution in [2.75, 3.05) is 24.2 Å². The number of hydrazone groups is 1. The predicted octanol–water partition coefficient (Wildman–Crippen LogP) is 2.76. The fourth-order valence-corrected chi connectivity index (χ4v) is 4.39. The Balaban J connectivity index is 1.50. The van der Waals surface area contributed by atoms with Gasteiger partial charge < -0.3 is 4.90 Å². The predicted molar refractivity (Wildman–Crippen MR) is 109 cm³/mol. The number of hydrogen-bond donors (Lipinski definition) is 0. The molecule has 0 aliphatic carbocycles. The quantitative estimate of drug-likeness (QED) is 0.391. The third kappa shape index (κ3) is 4.23. The van der Waals surface area contributed by atoms with Gasteiger partial charge in [0.15, 0.2) is 11.6 Å². The summed E-state index contributed by atoms with van der Waals surface area (Å²) in [5.74, 6) is -4.96. The minimum absolute atomic E-state index is 0.0548. The minimum atomic E-state index is -1.59. The van der Waals surface area contributed by atoms with Crippen molar-refractivity contribution in [2.24, 2.45) is 11.0 Å². The molecule has 12 heteroatoms. The van der Waals surface area contributed by atoms with E-state index in [0.29, 0.717) is 16.9 Å². The van der Waals surface area contributed by atoms with Gasteiger partial charge in [0.05, 0.1) is 29.3 Å². The Hall–Kier alpha value is -2.89. The van der Waals surface area contributed by atoms with E-state index in [2.05, 4.69) is 15.1 Å². The van der Waals surface area contributed by atoms with Gasteiger partial charge in [-0.1, -0.05) is 0 Å². The second-order valence-electron chi connectivity index (χ2n) is 7.55. The Morgan fingerprint density at radius 1 is 1.19 bits per heavy atom. The van der Waals surface area contributed by atoms with Gasteiger partial charge in [-0.3, -0.25) is 9.00 Å². The summed E-state index contributed by atoms with van der Waals surface area (Å²) in [6.45, 7) is 0.142. The summed E-state index contributed by atoms with van der Waals surface area (Å²) in [5, 5.41) is 5.14. The van der Waals surface area contributed by atoms with Gasteiger partial charge in [0, 0.05) is 43.1 Å². The fourth-order valence-electron chi connectivity index (χ4n) is 3.92. The van der Waals surface area contributed by atoms with Gasteiger partial charge in [-0.25, -0.2) is 32.5 Å². The van der Waals surface area contributed by atoms with E-state index in [4.69, 9.17) is 0 Å². The van der Waals surface area contributed by atoms with Crippen LogP contribution in [0.1, 0.15) is 24.4 Å². The molecule has 0 radical (unpaired) electrons. The lowest BCUT2D eigenvalue weighted by Gasteiger charge is -2.36. The van der Waals surface area contributed by atoms with Crippen LogP contribution < -0.4 is 4.90 Å². The van der Waals surface area contributed by atoms with E-state index in [9.17, 15) is 22.2 Å². The molecule has 0 bridgehead atoms. The summed E-state index contributed by atoms with van der Waals surface area (Å²) < 4.78 is 68.3. The van der Waals surface area contributed by atoms with E-state index < -0.39 is 52.3 Å². The number of alkyl halides is 1. The molecular formula is C20H19F4N5O2S. The number of aromatic nitrogens is 2. The van der Waals surface area contributed by atoms with Crippen LogP contribution in [-0.4, -0.2) is 56.8 Å². The molecule has 1 saturated heterocycles. The van der Waals surface area contributed by atoms with Crippen molar-refractivity contribution in [3.8, 4) is 0 Å². The molecule has 2 aromatic rings. The van der Waals surface area contributed by atoms with Gasteiger partial charge >= 0.3 is 0 Å². The first kappa shape index (κ1) is 22.3. The first-order chi connectivity index (χ1) is 15.3. The molecular weight excluding hydrogens is 450 g/mol. The maximum absolute atomic E-state index is 15.0. The van der Waals surface area contributed by atoms with E-state index in [0.717, 1.165) is 11.1 Å². The third-order valence-corrected chi connectivity index (χ3v) is 6.35. The lowest BCUT2D eigenvalue weighted by atomic mass is 9.92. The highest BCUT2D eigenvalue weighted by molar-refractivity contribution is 7.84. The van der Waals surface area contributed by atoms with Gasteiger partial charge in [0.25, 0.3) is 0 Å². The number of nitrogens with zero attached hydrogens (tertiary/aromatic N) is 5. The van der Waals surface area contributed by atoms with Crippen LogP contribution in [0.5, 0.6) is 0 Å². The van der Waals surface area contributed by atoms with Crippen molar-refractivity contribution in [3.05, 3.63) is 47.5 Å². The second kappa shape index (κ2) is 8.93. The van der Waals surface area contributed by atoms with Gasteiger partial charge in [0.1, 0.15) is 29.2 Å². The van der Waals surface area contributed by atoms with E-state index in [1.165, 1.54) is 24.9 Å². The Morgan fingerprint density at radius 2 is 1.97 bits per heavy atom. The molecule has 1 aromatic carbocycles. The lowest BCUT2D eigenvalue weighted by molar-refractivity contribution is -0.140. The smallest absolute Gasteiger partial charge is 0.249 e. The first-order valence-corrected chi connectivity index (χ1v) is 11.4. The van der Waals surface area contributed by atoms with E-state index in [-0.39, 0.29) is 31.5 Å². The molecule has 1 fully saturated rings. The van der Waals surface area contributed by atoms with Gasteiger partial charge in [-0.05, 0) is 12.5 Å². The number of piperidine rings is 1. The Bertz CT molecular complexity index is 1100. The highest BCUT2D eigenvalue weighted by Gasteiger charge is 2.41. The molecule has 3 heterocycles. The summed E-state index contributed by atoms with van der Waals surface area (Å²) in [6, 6.07) is 1.69. The molecule has 4 atom stereocenters. The SMILES string of the molecule is C[S@@](=O)c1cc(N2CC[C@H](C(=O)N3N=CC[C@@H]3c3cc(F)cc(F)c3F)[C@H](F)C2)ncn1. The zero-order valence-electron chi connectivity index (χ0n) is 16.9. The molecule has 4 rings (SSSR count). The van der Waals surface area contributed by atoms with Crippen molar-refractivity contribution < 1.29 is 26.6 Å². The molecule has 0 saturated carbocycles. The number of carbonyl (C=O) groups excluding carboxylic acids is 1. The average molecular weight is 469 g/mol. The van der Waals surface area contributed by atoms with Crippen LogP contribution in [0, 0.1) is 23.4 Å². The monoisotopic (exact) mass is 469 g/mol. The van der Waals surface area contributed by atoms with Crippen molar-refractivity contribution in [2.45, 2.75) is 30.1 Å². The molecule has 2 aliphatic heterocycles. The maximum Gasteiger partial charge on any atom is 0.249 e. The van der Waals surface area contributed by atoms with Gasteiger partial charge in [0.2, 0.25) is 5.91 Å². The standard InChI is InChI=1S/C20H19F4N5O2S/c1-32(31)18-8-17(25-10-26-18)28-5-3-12(15(23)9-28)20(30)29-16(2-4-27-29)13-6-11(21)7-14(22)19(13)24/h4,6-8,10,12,15-16H,2-3,5,9H2,1H3/t12-,15+,16+,32+/m0/s1. The van der Waals surface area contributed by atoms with Crippen LogP contribution in [0.25, 0.3) is 0 Å². The highest BCUT2D eigenvalue weighted by Crippen LogP contribution is 2.35. The van der Waals surface area contributed by atoms with Crippen LogP contribution in [0.4, 0.5) is 23.4 Å². The summed E-state index contributed by atoms with van der Waals surface area (Å²) in [4.78, 5) is 22.7. The molecule has 170 valence electrons. The van der Waals surface area contributed by atoms with Crippen LogP contribution in [0.15, 0.2) is 34.7 Å². The van der Waals surface area contributed by atoms with E-state index >= 15 is 4.39 Å². The zero-order chi connectivity index (χ0) is 23.0. The summed E-state index contributed by atoms with van der Waals surface area (Å²) in [6.07, 6.45) is 2.63.